The number of nitrogens with one attached hydrogen (secondary N) is 1. The highest BCUT2D eigenvalue weighted by Crippen LogP contribution is 2.34. The maximum Gasteiger partial charge on any atom is 0.240 e. The van der Waals surface area contributed by atoms with E-state index in [0.717, 1.165) is 19.2 Å². The van der Waals surface area contributed by atoms with E-state index >= 15 is 0 Å². The summed E-state index contributed by atoms with van der Waals surface area (Å²) in [6.07, 6.45) is 0. The summed E-state index contributed by atoms with van der Waals surface area (Å²) >= 11 is 0. The maximum atomic E-state index is 14.8. The first-order chi connectivity index (χ1) is 13.3. The normalized spacial score (nSPS) is 11.4. The van der Waals surface area contributed by atoms with Crippen LogP contribution >= 0.6 is 0 Å². The fourth-order valence-corrected chi connectivity index (χ4v) is 3.68. The SMILES string of the molecule is COc1c(F)cc(CNS(=O)(=O)c2ccccc2)c(-c2cccc(F)n2)c1F. The Morgan fingerprint density at radius 2 is 1.75 bits per heavy atom. The van der Waals surface area contributed by atoms with E-state index in [1.54, 1.807) is 18.2 Å². The zero-order valence-electron chi connectivity index (χ0n) is 14.6. The predicted octanol–water partition coefficient (Wildman–Crippen LogP) is 3.65. The first kappa shape index (κ1) is 19.8. The van der Waals surface area contributed by atoms with Gasteiger partial charge < -0.3 is 4.74 Å². The molecule has 0 aliphatic rings. The molecule has 1 heterocycles. The summed E-state index contributed by atoms with van der Waals surface area (Å²) in [6, 6.07) is 12.1. The van der Waals surface area contributed by atoms with Gasteiger partial charge in [0, 0.05) is 12.1 Å². The van der Waals surface area contributed by atoms with Crippen molar-refractivity contribution in [1.82, 2.24) is 9.71 Å². The lowest BCUT2D eigenvalue weighted by molar-refractivity contribution is 0.360. The molecule has 0 fully saturated rings. The number of aromatic nitrogens is 1. The molecule has 0 spiro atoms. The molecule has 0 radical (unpaired) electrons. The van der Waals surface area contributed by atoms with Crippen LogP contribution in [0.4, 0.5) is 13.2 Å². The van der Waals surface area contributed by atoms with Crippen molar-refractivity contribution in [2.45, 2.75) is 11.4 Å². The zero-order valence-corrected chi connectivity index (χ0v) is 15.4. The zero-order chi connectivity index (χ0) is 20.3. The van der Waals surface area contributed by atoms with E-state index < -0.39 is 39.9 Å². The van der Waals surface area contributed by atoms with E-state index in [2.05, 4.69) is 9.71 Å². The highest BCUT2D eigenvalue weighted by Gasteiger charge is 2.23. The minimum Gasteiger partial charge on any atom is -0.491 e. The van der Waals surface area contributed by atoms with Gasteiger partial charge in [-0.3, -0.25) is 0 Å². The number of hydrogen-bond acceptors (Lipinski definition) is 4. The molecule has 0 aliphatic heterocycles. The lowest BCUT2D eigenvalue weighted by Crippen LogP contribution is -2.24. The van der Waals surface area contributed by atoms with Crippen LogP contribution in [0.25, 0.3) is 11.3 Å². The molecule has 0 amide bonds. The summed E-state index contributed by atoms with van der Waals surface area (Å²) in [7, 11) is -2.84. The number of hydrogen-bond donors (Lipinski definition) is 1. The molecular weight excluding hydrogens is 393 g/mol. The second kappa shape index (κ2) is 7.99. The Hall–Kier alpha value is -2.91. The molecule has 0 aliphatic carbocycles. The van der Waals surface area contributed by atoms with Crippen LogP contribution < -0.4 is 9.46 Å². The number of methoxy groups -OCH3 is 1. The largest absolute Gasteiger partial charge is 0.491 e. The predicted molar refractivity (Wildman–Crippen MR) is 96.6 cm³/mol. The first-order valence-corrected chi connectivity index (χ1v) is 9.54. The fourth-order valence-electron chi connectivity index (χ4n) is 2.66. The van der Waals surface area contributed by atoms with Gasteiger partial charge in [0.05, 0.1) is 17.7 Å². The highest BCUT2D eigenvalue weighted by atomic mass is 32.2. The summed E-state index contributed by atoms with van der Waals surface area (Å²) in [6.45, 7) is -0.442. The van der Waals surface area contributed by atoms with E-state index in [4.69, 9.17) is 4.74 Å². The van der Waals surface area contributed by atoms with Crippen molar-refractivity contribution in [3.8, 4) is 17.0 Å². The van der Waals surface area contributed by atoms with Crippen LogP contribution in [-0.4, -0.2) is 20.5 Å². The minimum absolute atomic E-state index is 0.00474. The molecule has 0 unspecified atom stereocenters. The Morgan fingerprint density at radius 3 is 2.39 bits per heavy atom. The summed E-state index contributed by atoms with van der Waals surface area (Å²) in [4.78, 5) is 3.61. The molecule has 9 heteroatoms. The lowest BCUT2D eigenvalue weighted by Gasteiger charge is -2.15. The van der Waals surface area contributed by atoms with Gasteiger partial charge in [-0.1, -0.05) is 24.3 Å². The van der Waals surface area contributed by atoms with Crippen LogP contribution in [0.5, 0.6) is 5.75 Å². The van der Waals surface area contributed by atoms with Crippen molar-refractivity contribution in [1.29, 1.82) is 0 Å². The lowest BCUT2D eigenvalue weighted by atomic mass is 10.0. The summed E-state index contributed by atoms with van der Waals surface area (Å²) in [5.41, 5.74) is -0.438. The quantitative estimate of drug-likeness (QED) is 0.633. The third-order valence-corrected chi connectivity index (χ3v) is 5.36. The fraction of sp³-hybridized carbons (Fsp3) is 0.105. The molecule has 0 saturated carbocycles. The third-order valence-electron chi connectivity index (χ3n) is 3.94. The number of ether oxygens (including phenoxy) is 1. The number of rotatable bonds is 6. The van der Waals surface area contributed by atoms with Crippen LogP contribution in [0, 0.1) is 17.6 Å². The van der Waals surface area contributed by atoms with E-state index in [9.17, 15) is 21.6 Å². The van der Waals surface area contributed by atoms with Gasteiger partial charge >= 0.3 is 0 Å². The van der Waals surface area contributed by atoms with Crippen LogP contribution in [0.1, 0.15) is 5.56 Å². The van der Waals surface area contributed by atoms with Crippen molar-refractivity contribution in [3.05, 3.63) is 77.7 Å². The number of nitrogens with zero attached hydrogens (tertiary/aromatic N) is 1. The molecular formula is C19H15F3N2O3S. The second-order valence-electron chi connectivity index (χ2n) is 5.72. The van der Waals surface area contributed by atoms with Crippen LogP contribution in [0.15, 0.2) is 59.5 Å². The Balaban J connectivity index is 2.05. The Morgan fingerprint density at radius 1 is 1.04 bits per heavy atom. The molecule has 28 heavy (non-hydrogen) atoms. The van der Waals surface area contributed by atoms with Gasteiger partial charge in [0.15, 0.2) is 17.4 Å². The molecule has 146 valence electrons. The molecule has 3 rings (SSSR count). The monoisotopic (exact) mass is 408 g/mol. The second-order valence-corrected chi connectivity index (χ2v) is 7.49. The molecule has 0 bridgehead atoms. The number of benzene rings is 2. The molecule has 1 aromatic heterocycles. The van der Waals surface area contributed by atoms with E-state index in [1.807, 2.05) is 0 Å². The summed E-state index contributed by atoms with van der Waals surface area (Å²) < 4.78 is 74.4. The van der Waals surface area contributed by atoms with Crippen molar-refractivity contribution in [2.75, 3.05) is 7.11 Å². The average molecular weight is 408 g/mol. The van der Waals surface area contributed by atoms with E-state index in [0.29, 0.717) is 0 Å². The van der Waals surface area contributed by atoms with Crippen LogP contribution in [0.3, 0.4) is 0 Å². The maximum absolute atomic E-state index is 14.8. The minimum atomic E-state index is -3.93. The molecule has 0 saturated heterocycles. The van der Waals surface area contributed by atoms with Gasteiger partial charge in [0.25, 0.3) is 0 Å². The number of pyridine rings is 1. The Labute approximate surface area is 159 Å². The van der Waals surface area contributed by atoms with Crippen LogP contribution in [0.2, 0.25) is 0 Å². The van der Waals surface area contributed by atoms with E-state index in [-0.39, 0.29) is 21.7 Å². The Bertz CT molecular complexity index is 1110. The molecule has 0 atom stereocenters. The van der Waals surface area contributed by atoms with Crippen molar-refractivity contribution in [2.24, 2.45) is 0 Å². The van der Waals surface area contributed by atoms with Crippen LogP contribution in [-0.2, 0) is 16.6 Å². The Kier molecular flexibility index (Phi) is 5.66. The average Bonchev–Trinajstić information content (AvgIpc) is 2.67. The molecule has 2 aromatic carbocycles. The molecule has 5 nitrogen and oxygen atoms in total. The summed E-state index contributed by atoms with van der Waals surface area (Å²) in [5, 5.41) is 0. The molecule has 1 N–H and O–H groups in total. The van der Waals surface area contributed by atoms with Gasteiger partial charge in [-0.25, -0.2) is 26.9 Å². The standard InChI is InChI=1S/C19H15F3N2O3S/c1-27-19-14(20)10-12(11-23-28(25,26)13-6-3-2-4-7-13)17(18(19)22)15-8-5-9-16(21)24-15/h2-10,23H,11H2,1H3. The van der Waals surface area contributed by atoms with Gasteiger partial charge in [0.1, 0.15) is 0 Å². The number of sulfonamides is 1. The smallest absolute Gasteiger partial charge is 0.240 e. The topological polar surface area (TPSA) is 68.3 Å². The third kappa shape index (κ3) is 4.00. The van der Waals surface area contributed by atoms with Gasteiger partial charge in [-0.15, -0.1) is 0 Å². The summed E-state index contributed by atoms with van der Waals surface area (Å²) in [5.74, 6) is -3.66. The van der Waals surface area contributed by atoms with E-state index in [1.165, 1.54) is 24.3 Å². The van der Waals surface area contributed by atoms with Crippen molar-refractivity contribution >= 4 is 10.0 Å². The van der Waals surface area contributed by atoms with Crippen molar-refractivity contribution < 1.29 is 26.3 Å². The van der Waals surface area contributed by atoms with Gasteiger partial charge in [-0.2, -0.15) is 4.39 Å². The highest BCUT2D eigenvalue weighted by molar-refractivity contribution is 7.89. The number of halogens is 3. The van der Waals surface area contributed by atoms with Gasteiger partial charge in [0.2, 0.25) is 16.0 Å². The van der Waals surface area contributed by atoms with Crippen molar-refractivity contribution in [3.63, 3.8) is 0 Å². The van der Waals surface area contributed by atoms with Gasteiger partial charge in [-0.05, 0) is 35.9 Å². The first-order valence-electron chi connectivity index (χ1n) is 8.06. The molecule has 3 aromatic rings.